The van der Waals surface area contributed by atoms with Crippen LogP contribution in [0.2, 0.25) is 5.02 Å². The van der Waals surface area contributed by atoms with Crippen molar-refractivity contribution in [2.75, 3.05) is 35.0 Å². The van der Waals surface area contributed by atoms with E-state index in [2.05, 4.69) is 30.6 Å². The van der Waals surface area contributed by atoms with Crippen molar-refractivity contribution in [1.29, 1.82) is 5.26 Å². The number of ether oxygens (including phenoxy) is 5. The number of hydrogen-bond acceptors (Lipinski definition) is 21. The molecule has 3 aliphatic rings. The van der Waals surface area contributed by atoms with E-state index >= 15 is 0 Å². The van der Waals surface area contributed by atoms with Gasteiger partial charge in [0.15, 0.2) is 5.56 Å². The van der Waals surface area contributed by atoms with E-state index in [1.807, 2.05) is 91.0 Å². The quantitative estimate of drug-likeness (QED) is 0.0435. The van der Waals surface area contributed by atoms with Crippen molar-refractivity contribution in [3.8, 4) is 46.3 Å². The van der Waals surface area contributed by atoms with Crippen molar-refractivity contribution >= 4 is 73.5 Å². The van der Waals surface area contributed by atoms with Crippen molar-refractivity contribution < 1.29 is 53.4 Å². The average molecular weight is 1590 g/mol. The van der Waals surface area contributed by atoms with E-state index in [4.69, 9.17) is 41.0 Å². The first-order chi connectivity index (χ1) is 56.3. The van der Waals surface area contributed by atoms with E-state index in [0.29, 0.717) is 74.0 Å². The Morgan fingerprint density at radius 1 is 0.440 bits per heavy atom. The predicted molar refractivity (Wildman–Crippen MR) is 443 cm³/mol. The van der Waals surface area contributed by atoms with Crippen molar-refractivity contribution in [2.45, 2.75) is 148 Å². The van der Waals surface area contributed by atoms with Gasteiger partial charge in [-0.15, -0.1) is 0 Å². The molecule has 3 fully saturated rings. The molecule has 0 atom stereocenters. The summed E-state index contributed by atoms with van der Waals surface area (Å²) < 4.78 is 31.2. The first-order valence-corrected chi connectivity index (χ1v) is 38.9. The molecule has 2 amide bonds. The number of methoxy groups -OCH3 is 4. The van der Waals surface area contributed by atoms with Gasteiger partial charge in [-0.1, -0.05) is 118 Å². The number of amides is 2. The van der Waals surface area contributed by atoms with E-state index < -0.39 is 45.8 Å². The molecule has 116 heavy (non-hydrogen) atoms. The highest BCUT2D eigenvalue weighted by Gasteiger charge is 2.29. The topological polar surface area (TPSA) is 371 Å². The van der Waals surface area contributed by atoms with Crippen LogP contribution in [0, 0.1) is 11.3 Å². The van der Waals surface area contributed by atoms with Crippen LogP contribution in [0.1, 0.15) is 162 Å². The Labute approximate surface area is 673 Å². The number of benzene rings is 4. The third kappa shape index (κ3) is 20.2. The van der Waals surface area contributed by atoms with Crippen molar-refractivity contribution in [3.05, 3.63) is 261 Å². The monoisotopic (exact) mass is 1590 g/mol. The second kappa shape index (κ2) is 40.2. The molecule has 7 N–H and O–H groups in total. The Kier molecular flexibility index (Phi) is 29.1. The zero-order chi connectivity index (χ0) is 82.4. The molecule has 0 saturated heterocycles. The van der Waals surface area contributed by atoms with Gasteiger partial charge in [0.1, 0.15) is 85.6 Å². The molecule has 0 spiro atoms. The molecule has 0 bridgehead atoms. The lowest BCUT2D eigenvalue weighted by molar-refractivity contribution is 0.0520. The van der Waals surface area contributed by atoms with Gasteiger partial charge in [-0.2, -0.15) is 5.26 Å². The third-order valence-electron chi connectivity index (χ3n) is 20.5. The Bertz CT molecular complexity index is 5570. The number of nitrogens with zero attached hydrogens (tertiary/aromatic N) is 9. The summed E-state index contributed by atoms with van der Waals surface area (Å²) in [5, 5.41) is 48.8. The number of aromatic hydroxyl groups is 3. The summed E-state index contributed by atoms with van der Waals surface area (Å²) in [4.78, 5) is 107. The number of aromatic nitrogens is 8. The summed E-state index contributed by atoms with van der Waals surface area (Å²) in [5.74, 6) is -0.103. The average Bonchev–Trinajstić information content (AvgIpc) is 0.780. The molecule has 0 radical (unpaired) electrons. The molecule has 602 valence electrons. The summed E-state index contributed by atoms with van der Waals surface area (Å²) in [6.07, 6.45) is 23.0. The Balaban J connectivity index is 0.000000148. The molecule has 8 aromatic heterocycles. The minimum absolute atomic E-state index is 0.0321. The SMILES string of the molecule is CCOC(=O)c1c(O)c2cccnc2n(Cc2ccc(OC)cc2)c1=O.COc1ccc(Cn2c(=O)c(C#N)c(Cl)c3cccnc32)cc1.COc1ccc(Cn2c(=O)c(C(=O)NC3CCCCC3)c(O)c3cccnc32)cc1.COc1ccc(Cn2c(=O)c(C(=O)NC3CCCCC3)c(O)c3cccnc32)cc1.NC1CCCCC1. The van der Waals surface area contributed by atoms with E-state index in [0.717, 1.165) is 92.2 Å². The molecule has 28 heteroatoms. The summed E-state index contributed by atoms with van der Waals surface area (Å²) in [5.41, 5.74) is 7.37. The zero-order valence-corrected chi connectivity index (χ0v) is 66.0. The first kappa shape index (κ1) is 84.0. The fourth-order valence-electron chi connectivity index (χ4n) is 14.3. The van der Waals surface area contributed by atoms with Gasteiger partial charge >= 0.3 is 5.97 Å². The number of carbonyl (C=O) groups excluding carboxylic acids is 3. The van der Waals surface area contributed by atoms with Gasteiger partial charge in [-0.3, -0.25) is 47.0 Å². The summed E-state index contributed by atoms with van der Waals surface area (Å²) in [7, 11) is 6.35. The fraction of sp³-hybridized carbons (Fsp3) is 0.318. The molecule has 3 saturated carbocycles. The van der Waals surface area contributed by atoms with Crippen molar-refractivity contribution in [3.63, 3.8) is 0 Å². The second-order valence-corrected chi connectivity index (χ2v) is 28.5. The molecule has 4 aromatic carbocycles. The lowest BCUT2D eigenvalue weighted by Crippen LogP contribution is -2.40. The molecule has 12 aromatic rings. The second-order valence-electron chi connectivity index (χ2n) is 28.2. The molecule has 3 aliphatic carbocycles. The lowest BCUT2D eigenvalue weighted by atomic mass is 9.95. The van der Waals surface area contributed by atoms with Crippen molar-refractivity contribution in [1.82, 2.24) is 48.8 Å². The normalized spacial score (nSPS) is 13.5. The Morgan fingerprint density at radius 3 is 1.02 bits per heavy atom. The molecule has 8 heterocycles. The third-order valence-corrected chi connectivity index (χ3v) is 20.9. The number of pyridine rings is 8. The van der Waals surface area contributed by atoms with E-state index in [9.17, 15) is 54.1 Å². The Hall–Kier alpha value is -12.9. The van der Waals surface area contributed by atoms with E-state index in [1.54, 1.807) is 115 Å². The van der Waals surface area contributed by atoms with Crippen LogP contribution in [0.3, 0.4) is 0 Å². The number of esters is 1. The number of carbonyl (C=O) groups is 3. The summed E-state index contributed by atoms with van der Waals surface area (Å²) in [6.45, 7) is 2.65. The fourth-order valence-corrected chi connectivity index (χ4v) is 14.6. The van der Waals surface area contributed by atoms with Crippen LogP contribution in [-0.4, -0.2) is 124 Å². The number of fused-ring (bicyclic) bond motifs is 4. The smallest absolute Gasteiger partial charge is 0.347 e. The van der Waals surface area contributed by atoms with Crippen LogP contribution in [0.25, 0.3) is 44.1 Å². The maximum Gasteiger partial charge on any atom is 0.347 e. The molecule has 27 nitrogen and oxygen atoms in total. The maximum absolute atomic E-state index is 13.3. The molecule has 0 aliphatic heterocycles. The maximum atomic E-state index is 13.3. The van der Waals surface area contributed by atoms with Gasteiger partial charge < -0.3 is 55.4 Å². The minimum atomic E-state index is -0.857. The highest BCUT2D eigenvalue weighted by Crippen LogP contribution is 2.32. The lowest BCUT2D eigenvalue weighted by Gasteiger charge is -2.23. The highest BCUT2D eigenvalue weighted by molar-refractivity contribution is 6.36. The Morgan fingerprint density at radius 2 is 0.724 bits per heavy atom. The molecule has 0 unspecified atom stereocenters. The van der Waals surface area contributed by atoms with Crippen LogP contribution in [0.5, 0.6) is 40.2 Å². The van der Waals surface area contributed by atoms with Crippen LogP contribution in [0.15, 0.2) is 190 Å². The number of rotatable bonds is 18. The number of nitriles is 1. The van der Waals surface area contributed by atoms with Gasteiger partial charge in [0.25, 0.3) is 34.1 Å². The van der Waals surface area contributed by atoms with Crippen molar-refractivity contribution in [2.24, 2.45) is 5.73 Å². The van der Waals surface area contributed by atoms with Crippen LogP contribution in [-0.2, 0) is 30.9 Å². The van der Waals surface area contributed by atoms with Gasteiger partial charge in [-0.25, -0.2) is 24.7 Å². The van der Waals surface area contributed by atoms with E-state index in [1.165, 1.54) is 56.6 Å². The van der Waals surface area contributed by atoms with E-state index in [-0.39, 0.29) is 77.1 Å². The molecular formula is C88H93ClN12O15. The zero-order valence-electron chi connectivity index (χ0n) is 65.3. The number of halogens is 1. The largest absolute Gasteiger partial charge is 0.506 e. The number of hydrogen-bond donors (Lipinski definition) is 6. The van der Waals surface area contributed by atoms with Gasteiger partial charge in [-0.05, 0) is 165 Å². The summed E-state index contributed by atoms with van der Waals surface area (Å²) in [6, 6.07) is 45.1. The minimum Gasteiger partial charge on any atom is -0.506 e. The highest BCUT2D eigenvalue weighted by atomic mass is 35.5. The first-order valence-electron chi connectivity index (χ1n) is 38.5. The van der Waals surface area contributed by atoms with Crippen LogP contribution < -0.4 is 57.6 Å². The predicted octanol–water partition coefficient (Wildman–Crippen LogP) is 13.0. The molecular weight excluding hydrogens is 1500 g/mol. The summed E-state index contributed by atoms with van der Waals surface area (Å²) >= 11 is 6.17. The van der Waals surface area contributed by atoms with Gasteiger partial charge in [0.05, 0.1) is 82.4 Å². The van der Waals surface area contributed by atoms with Gasteiger partial charge in [0, 0.05) is 48.3 Å². The van der Waals surface area contributed by atoms with Crippen LogP contribution >= 0.6 is 11.6 Å². The van der Waals surface area contributed by atoms with Gasteiger partial charge in [0.2, 0.25) is 0 Å². The number of nitrogens with two attached hydrogens (primary N) is 1. The molecule has 15 rings (SSSR count). The van der Waals surface area contributed by atoms with Crippen LogP contribution in [0.4, 0.5) is 0 Å². The number of nitrogens with one attached hydrogen (secondary N) is 2. The standard InChI is InChI=1S/2C23H25N3O4.C19H18N2O5.C17H12ClN3O2.C6H13N/c2*1-30-17-11-9-15(10-12-17)14-26-21-18(8-5-13-24-21)20(27)19(23(26)29)22(28)25-16-6-3-2-4-7-16;1-3-26-19(24)15-16(22)14-5-4-10-20-17(14)21(18(15)23)11-12-6-8-13(25-2)9-7-12;1-23-12-6-4-11(5-7-12)10-21-16-13(3-2-8-20-16)15(18)14(9-19)17(21)22;7-6-4-2-1-3-5-6/h2*5,8-13,16,27H,2-4,6-7,14H2,1H3,(H,25,28);4-10,22H,3,11H2,1-2H3;2-8H,10H2,1H3;6H,1-5,7H2.